The molecule has 5 aromatic rings. The Balaban J connectivity index is 0.000000159. The van der Waals surface area contributed by atoms with Gasteiger partial charge in [0.05, 0.1) is 114 Å². The summed E-state index contributed by atoms with van der Waals surface area (Å²) >= 11 is 0. The molecule has 121 heavy (non-hydrogen) atoms. The standard InChI is InChI=1S/C17H23FN2O5S2.C17H25NO4S2.C16H22FNO5S2.C15H20FNO4S2.C14H20FNO4S2/c1-12-9-14(3-4-15(12)18)27(24,25)17-11-26(22,23)10-16(17)20-7-5-19(6-8-20)13(2)21;1-13-8-14(2)10-18(9-13)16-11-23(19,20)12-17(16)24(21,22)15-6-4-3-5-7-15;1-11-7-13(4-5-14(11)17)25(21,22)16-10-24(19,20)9-15(16)18-8-12-3-2-6-23-12;16-11-5-7-13(8-6-11)23(20,21)15-10-22(18,19)9-14(15)17-12-3-1-2-4-12;1-3-10(2)16-13-8-21(17,18)9-14(13)22(19,20)12-6-4-11(15)5-7-12/h3-4,9,16-17H,5-8,10-11H2,1-2H3;3-7,13-14,16-17H,8-12H2,1-2H3;4-5,7,12,15-16,18H,2-3,6,8-10H2,1H3;5-8,12,14-15,17H,1-4,9-10H2;4-7,10,13-14,16H,3,8-9H2,1-2H3/t16-,17-;13-,14+,16-,17-;12?,15-,16-;14-,15-;10?,13-,14-/m00000/s1. The van der Waals surface area contributed by atoms with Gasteiger partial charge in [0.1, 0.15) is 23.3 Å². The van der Waals surface area contributed by atoms with Crippen LogP contribution < -0.4 is 16.0 Å². The second kappa shape index (κ2) is 39.4. The lowest BCUT2D eigenvalue weighted by Gasteiger charge is -2.40. The Bertz CT molecular complexity index is 5710. The fourth-order valence-corrected chi connectivity index (χ4v) is 41.3. The summed E-state index contributed by atoms with van der Waals surface area (Å²) in [4.78, 5) is 17.1. The second-order valence-corrected chi connectivity index (χ2v) is 55.0. The molecule has 3 N–H and O–H groups in total. The Morgan fingerprint density at radius 3 is 1.28 bits per heavy atom. The summed E-state index contributed by atoms with van der Waals surface area (Å²) in [6.45, 7) is 16.9. The number of benzene rings is 5. The highest BCUT2D eigenvalue weighted by molar-refractivity contribution is 7.98. The van der Waals surface area contributed by atoms with Crippen LogP contribution in [0.25, 0.3) is 0 Å². The molecule has 1 saturated carbocycles. The molecule has 5 aromatic carbocycles. The van der Waals surface area contributed by atoms with Gasteiger partial charge in [-0.05, 0) is 179 Å². The Hall–Kier alpha value is -5.45. The fraction of sp³-hybridized carbons (Fsp3) is 0.608. The maximum atomic E-state index is 13.5. The lowest BCUT2D eigenvalue weighted by Crippen LogP contribution is -2.55. The number of hydrogen-bond acceptors (Lipinski definition) is 27. The summed E-state index contributed by atoms with van der Waals surface area (Å²) in [5, 5.41) is 4.29. The van der Waals surface area contributed by atoms with Crippen LogP contribution in [-0.4, -0.2) is 289 Å². The van der Waals surface area contributed by atoms with Crippen molar-refractivity contribution in [3.8, 4) is 0 Å². The molecular formula is C79H110F4N6O22S10. The van der Waals surface area contributed by atoms with E-state index in [9.17, 15) is 107 Å². The SMILES string of the molecule is CC(=O)N1CCN([C@H]2CS(=O)(=O)C[C@@H]2S(=O)(=O)c2ccc(F)c(C)c2)CC1.CCC(C)N[C@H]1CS(=O)(=O)C[C@@H]1S(=O)(=O)c1ccc(F)cc1.C[C@@H]1C[C@H](C)CN([C@H]2CS(=O)(=O)C[C@@H]2S(=O)(=O)c2ccccc2)C1.Cc1cc(S(=O)(=O)[C@H]2CS(=O)(=O)C[C@@H]2NCC2CCCO2)ccc1F.O=S1(=O)C[C@H](NC2CCCC2)[C@@H](S(=O)(=O)c2ccc(F)cc2)C1. The zero-order chi connectivity index (χ0) is 89.0. The van der Waals surface area contributed by atoms with Crippen molar-refractivity contribution < 1.29 is 111 Å². The zero-order valence-corrected chi connectivity index (χ0v) is 76.6. The number of ether oxygens (including phenoxy) is 1. The summed E-state index contributed by atoms with van der Waals surface area (Å²) < 4.78 is 308. The Morgan fingerprint density at radius 2 is 0.843 bits per heavy atom. The van der Waals surface area contributed by atoms with Crippen LogP contribution in [0.3, 0.4) is 0 Å². The van der Waals surface area contributed by atoms with E-state index < -0.39 is 195 Å². The Kier molecular flexibility index (Phi) is 31.8. The first-order valence-corrected chi connectivity index (χ1v) is 57.1. The van der Waals surface area contributed by atoms with E-state index in [4.69, 9.17) is 4.74 Å². The fourth-order valence-electron chi connectivity index (χ4n) is 17.4. The number of hydrogen-bond donors (Lipinski definition) is 3. The molecule has 0 aromatic heterocycles. The monoisotopic (exact) mass is 1890 g/mol. The smallest absolute Gasteiger partial charge is 0.219 e. The van der Waals surface area contributed by atoms with Crippen LogP contribution in [0.15, 0.2) is 140 Å². The molecule has 1 amide bonds. The third-order valence-electron chi connectivity index (χ3n) is 23.9. The van der Waals surface area contributed by atoms with Crippen molar-refractivity contribution in [3.05, 3.63) is 150 Å². The van der Waals surface area contributed by atoms with Crippen LogP contribution in [0.5, 0.6) is 0 Å². The maximum absolute atomic E-state index is 13.5. The summed E-state index contributed by atoms with van der Waals surface area (Å²) in [5.41, 5.74) is 0.411. The largest absolute Gasteiger partial charge is 0.377 e. The molecular weight excluding hydrogens is 1780 g/mol. The molecule has 28 nitrogen and oxygen atoms in total. The Labute approximate surface area is 711 Å². The third-order valence-corrected chi connectivity index (χ3v) is 44.6. The lowest BCUT2D eigenvalue weighted by atomic mass is 9.91. The summed E-state index contributed by atoms with van der Waals surface area (Å²) in [6, 6.07) is 21.5. The molecule has 14 rings (SSSR count). The van der Waals surface area contributed by atoms with E-state index in [0.29, 0.717) is 51.2 Å². The van der Waals surface area contributed by atoms with Crippen LogP contribution in [-0.2, 0) is 108 Å². The van der Waals surface area contributed by atoms with Gasteiger partial charge in [-0.2, -0.15) is 0 Å². The van der Waals surface area contributed by atoms with E-state index in [1.54, 1.807) is 35.2 Å². The highest BCUT2D eigenvalue weighted by Crippen LogP contribution is 2.37. The van der Waals surface area contributed by atoms with Crippen molar-refractivity contribution in [2.75, 3.05) is 110 Å². The van der Waals surface area contributed by atoms with Gasteiger partial charge in [-0.25, -0.2) is 102 Å². The molecule has 676 valence electrons. The van der Waals surface area contributed by atoms with Gasteiger partial charge in [-0.3, -0.25) is 14.6 Å². The summed E-state index contributed by atoms with van der Waals surface area (Å²) in [5.74, 6) is -3.97. The third kappa shape index (κ3) is 24.9. The molecule has 9 aliphatic rings. The first-order valence-electron chi connectivity index (χ1n) is 40.2. The molecule has 0 radical (unpaired) electrons. The van der Waals surface area contributed by atoms with Crippen LogP contribution in [0, 0.1) is 49.0 Å². The van der Waals surface area contributed by atoms with Crippen LogP contribution >= 0.6 is 0 Å². The molecule has 0 bridgehead atoms. The minimum atomic E-state index is -3.95. The first kappa shape index (κ1) is 97.7. The van der Waals surface area contributed by atoms with Crippen LogP contribution in [0.1, 0.15) is 97.1 Å². The predicted octanol–water partition coefficient (Wildman–Crippen LogP) is 5.13. The highest BCUT2D eigenvalue weighted by Gasteiger charge is 2.53. The van der Waals surface area contributed by atoms with E-state index >= 15 is 0 Å². The maximum Gasteiger partial charge on any atom is 0.219 e. The summed E-state index contributed by atoms with van der Waals surface area (Å²) in [7, 11) is -36.3. The number of sulfone groups is 10. The number of halogens is 4. The number of rotatable bonds is 20. The van der Waals surface area contributed by atoms with E-state index in [-0.39, 0.29) is 100.0 Å². The van der Waals surface area contributed by atoms with Gasteiger partial charge in [-0.15, -0.1) is 0 Å². The van der Waals surface area contributed by atoms with E-state index in [1.807, 2.05) is 18.7 Å². The van der Waals surface area contributed by atoms with Crippen LogP contribution in [0.4, 0.5) is 17.6 Å². The van der Waals surface area contributed by atoms with Gasteiger partial charge >= 0.3 is 0 Å². The topological polar surface area (TPSA) is 414 Å². The summed E-state index contributed by atoms with van der Waals surface area (Å²) in [6.07, 6.45) is 7.72. The average molecular weight is 1890 g/mol. The molecule has 8 aliphatic heterocycles. The Morgan fingerprint density at radius 1 is 0.463 bits per heavy atom. The molecule has 42 heteroatoms. The predicted molar refractivity (Wildman–Crippen MR) is 452 cm³/mol. The number of piperidine rings is 1. The van der Waals surface area contributed by atoms with Gasteiger partial charge < -0.3 is 25.6 Å². The number of nitrogens with one attached hydrogen (secondary N) is 3. The number of piperazine rings is 1. The molecule has 8 heterocycles. The first-order chi connectivity index (χ1) is 56.3. The number of aryl methyl sites for hydroxylation is 2. The van der Waals surface area contributed by atoms with Crippen molar-refractivity contribution in [1.82, 2.24) is 30.7 Å². The average Bonchev–Trinajstić information content (AvgIpc) is 1.21. The van der Waals surface area contributed by atoms with Gasteiger partial charge in [-0.1, -0.05) is 51.8 Å². The number of likely N-dealkylation sites (tertiary alicyclic amines) is 1. The molecule has 9 fully saturated rings. The van der Waals surface area contributed by atoms with Crippen molar-refractivity contribution in [2.45, 2.75) is 199 Å². The number of carbonyl (C=O) groups is 1. The van der Waals surface area contributed by atoms with Gasteiger partial charge in [0.15, 0.2) is 98.4 Å². The number of carbonyl (C=O) groups excluding carboxylic acids is 1. The van der Waals surface area contributed by atoms with Crippen molar-refractivity contribution in [1.29, 1.82) is 0 Å². The van der Waals surface area contributed by atoms with Crippen molar-refractivity contribution in [3.63, 3.8) is 0 Å². The second-order valence-electron chi connectivity index (χ2n) is 33.4. The van der Waals surface area contributed by atoms with Gasteiger partial charge in [0.2, 0.25) is 5.91 Å². The van der Waals surface area contributed by atoms with Crippen molar-refractivity contribution >= 4 is 104 Å². The molecule has 1 aliphatic carbocycles. The molecule has 2 unspecified atom stereocenters. The zero-order valence-electron chi connectivity index (χ0n) is 68.4. The van der Waals surface area contributed by atoms with E-state index in [0.717, 1.165) is 101 Å². The van der Waals surface area contributed by atoms with E-state index in [1.165, 1.54) is 69.3 Å². The minimum Gasteiger partial charge on any atom is -0.377 e. The number of amides is 1. The molecule has 0 spiro atoms. The highest BCUT2D eigenvalue weighted by atomic mass is 32.2. The quantitative estimate of drug-likeness (QED) is 0.0671. The van der Waals surface area contributed by atoms with Crippen molar-refractivity contribution in [2.24, 2.45) is 11.8 Å². The normalized spacial score (nSPS) is 28.8. The number of nitrogens with zero attached hydrogens (tertiary/aromatic N) is 3. The molecule has 14 atom stereocenters. The van der Waals surface area contributed by atoms with E-state index in [2.05, 4.69) is 34.7 Å². The molecule has 8 saturated heterocycles. The lowest BCUT2D eigenvalue weighted by molar-refractivity contribution is -0.130. The minimum absolute atomic E-state index is 0.0141. The van der Waals surface area contributed by atoms with Gasteiger partial charge in [0.25, 0.3) is 0 Å². The van der Waals surface area contributed by atoms with Gasteiger partial charge in [0, 0.05) is 102 Å². The van der Waals surface area contributed by atoms with Crippen LogP contribution in [0.2, 0.25) is 0 Å².